The number of piperidine rings is 1. The van der Waals surface area contributed by atoms with E-state index in [1.54, 1.807) is 28.6 Å². The first-order valence-electron chi connectivity index (χ1n) is 10.5. The van der Waals surface area contributed by atoms with E-state index in [-0.39, 0.29) is 16.9 Å². The average Bonchev–Trinajstić information content (AvgIpc) is 3.32. The lowest BCUT2D eigenvalue weighted by Crippen LogP contribution is -2.35. The number of aromatic nitrogens is 2. The number of para-hydroxylation sites is 2. The number of nitrogens with zero attached hydrogens (tertiary/aromatic N) is 3. The lowest BCUT2D eigenvalue weighted by Gasteiger charge is -2.25. The third-order valence-corrected chi connectivity index (χ3v) is 8.25. The highest BCUT2D eigenvalue weighted by Crippen LogP contribution is 2.33. The molecule has 1 saturated heterocycles. The predicted molar refractivity (Wildman–Crippen MR) is 119 cm³/mol. The van der Waals surface area contributed by atoms with Crippen LogP contribution >= 0.6 is 11.8 Å². The molecule has 0 radical (unpaired) electrons. The minimum absolute atomic E-state index is 0.136. The van der Waals surface area contributed by atoms with Crippen LogP contribution in [-0.2, 0) is 10.0 Å². The van der Waals surface area contributed by atoms with E-state index in [2.05, 4.69) is 10.2 Å². The fraction of sp³-hybridized carbons (Fsp3) is 0.364. The monoisotopic (exact) mass is 473 g/mol. The van der Waals surface area contributed by atoms with Gasteiger partial charge in [0.05, 0.1) is 4.90 Å². The SMILES string of the molecule is O=S(=O)(c1cccc(-c2nnc(SC[C@@H]3COc4ccccc4O3)o2)c1)N1CCCCC1. The summed E-state index contributed by atoms with van der Waals surface area (Å²) in [6.07, 6.45) is 2.72. The summed E-state index contributed by atoms with van der Waals surface area (Å²) < 4.78 is 44.9. The minimum atomic E-state index is -3.53. The van der Waals surface area contributed by atoms with Gasteiger partial charge in [0.25, 0.3) is 5.22 Å². The zero-order valence-electron chi connectivity index (χ0n) is 17.3. The van der Waals surface area contributed by atoms with Crippen molar-refractivity contribution >= 4 is 21.8 Å². The van der Waals surface area contributed by atoms with E-state index in [1.807, 2.05) is 24.3 Å². The van der Waals surface area contributed by atoms with Crippen LogP contribution in [0.2, 0.25) is 0 Å². The zero-order chi connectivity index (χ0) is 22.0. The second-order valence-electron chi connectivity index (χ2n) is 7.67. The lowest BCUT2D eigenvalue weighted by atomic mass is 10.2. The van der Waals surface area contributed by atoms with Crippen LogP contribution in [-0.4, -0.2) is 54.5 Å². The van der Waals surface area contributed by atoms with Crippen molar-refractivity contribution in [3.63, 3.8) is 0 Å². The van der Waals surface area contributed by atoms with E-state index < -0.39 is 10.0 Å². The molecule has 1 aromatic heterocycles. The molecule has 2 aliphatic heterocycles. The van der Waals surface area contributed by atoms with Crippen LogP contribution in [0.1, 0.15) is 19.3 Å². The van der Waals surface area contributed by atoms with Crippen molar-refractivity contribution in [1.29, 1.82) is 0 Å². The summed E-state index contributed by atoms with van der Waals surface area (Å²) in [5, 5.41) is 8.59. The Morgan fingerprint density at radius 3 is 2.66 bits per heavy atom. The summed E-state index contributed by atoms with van der Waals surface area (Å²) in [6, 6.07) is 14.2. The molecular weight excluding hydrogens is 450 g/mol. The maximum Gasteiger partial charge on any atom is 0.276 e. The van der Waals surface area contributed by atoms with E-state index in [1.165, 1.54) is 11.8 Å². The van der Waals surface area contributed by atoms with E-state index in [9.17, 15) is 8.42 Å². The predicted octanol–water partition coefficient (Wildman–Crippen LogP) is 3.84. The van der Waals surface area contributed by atoms with Crippen molar-refractivity contribution in [2.45, 2.75) is 35.5 Å². The maximum absolute atomic E-state index is 13.0. The molecule has 3 heterocycles. The van der Waals surface area contributed by atoms with Crippen molar-refractivity contribution < 1.29 is 22.3 Å². The first kappa shape index (κ1) is 21.3. The van der Waals surface area contributed by atoms with Crippen LogP contribution < -0.4 is 9.47 Å². The molecule has 3 aromatic rings. The zero-order valence-corrected chi connectivity index (χ0v) is 19.0. The molecule has 5 rings (SSSR count). The molecular formula is C22H23N3O5S2. The van der Waals surface area contributed by atoms with Gasteiger partial charge >= 0.3 is 0 Å². The Hall–Kier alpha value is -2.56. The third-order valence-electron chi connectivity index (χ3n) is 5.40. The minimum Gasteiger partial charge on any atom is -0.486 e. The number of sulfonamides is 1. The van der Waals surface area contributed by atoms with Crippen molar-refractivity contribution in [2.75, 3.05) is 25.4 Å². The van der Waals surface area contributed by atoms with Gasteiger partial charge in [-0.3, -0.25) is 0 Å². The highest BCUT2D eigenvalue weighted by molar-refractivity contribution is 7.99. The van der Waals surface area contributed by atoms with Gasteiger partial charge in [0.2, 0.25) is 15.9 Å². The molecule has 0 spiro atoms. The molecule has 1 atom stereocenters. The van der Waals surface area contributed by atoms with Gasteiger partial charge in [0.1, 0.15) is 12.7 Å². The van der Waals surface area contributed by atoms with Crippen LogP contribution in [0, 0.1) is 0 Å². The molecule has 0 amide bonds. The van der Waals surface area contributed by atoms with Gasteiger partial charge in [-0.25, -0.2) is 8.42 Å². The summed E-state index contributed by atoms with van der Waals surface area (Å²) in [7, 11) is -3.53. The topological polar surface area (TPSA) is 94.8 Å². The van der Waals surface area contributed by atoms with Crippen LogP contribution in [0.5, 0.6) is 11.5 Å². The first-order valence-corrected chi connectivity index (χ1v) is 13.0. The number of benzene rings is 2. The second kappa shape index (κ2) is 9.13. The number of ether oxygens (including phenoxy) is 2. The molecule has 2 aliphatic rings. The molecule has 10 heteroatoms. The Morgan fingerprint density at radius 2 is 1.81 bits per heavy atom. The summed E-state index contributed by atoms with van der Waals surface area (Å²) in [5.41, 5.74) is 0.577. The molecule has 32 heavy (non-hydrogen) atoms. The van der Waals surface area contributed by atoms with Gasteiger partial charge in [0.15, 0.2) is 11.5 Å². The molecule has 0 aliphatic carbocycles. The summed E-state index contributed by atoms with van der Waals surface area (Å²) in [5.74, 6) is 2.34. The molecule has 0 bridgehead atoms. The van der Waals surface area contributed by atoms with Gasteiger partial charge in [-0.05, 0) is 43.2 Å². The molecule has 0 unspecified atom stereocenters. The van der Waals surface area contributed by atoms with Gasteiger partial charge in [-0.2, -0.15) is 4.31 Å². The number of fused-ring (bicyclic) bond motifs is 1. The largest absolute Gasteiger partial charge is 0.486 e. The Labute approximate surface area is 191 Å². The smallest absolute Gasteiger partial charge is 0.276 e. The quantitative estimate of drug-likeness (QED) is 0.499. The van der Waals surface area contributed by atoms with Crippen molar-refractivity contribution in [3.05, 3.63) is 48.5 Å². The maximum atomic E-state index is 13.0. The second-order valence-corrected chi connectivity index (χ2v) is 10.6. The molecule has 0 saturated carbocycles. The summed E-state index contributed by atoms with van der Waals surface area (Å²) in [6.45, 7) is 1.57. The number of rotatable bonds is 6. The number of thioether (sulfide) groups is 1. The fourth-order valence-corrected chi connectivity index (χ4v) is 6.03. The number of hydrogen-bond acceptors (Lipinski definition) is 8. The van der Waals surface area contributed by atoms with E-state index in [0.29, 0.717) is 36.2 Å². The average molecular weight is 474 g/mol. The van der Waals surface area contributed by atoms with Gasteiger partial charge < -0.3 is 13.9 Å². The molecule has 1 fully saturated rings. The Bertz CT molecular complexity index is 1190. The standard InChI is InChI=1S/C22H23N3O5S2/c26-32(27,25-11-4-1-5-12-25)18-8-6-7-16(13-18)21-23-24-22(30-21)31-15-17-14-28-19-9-2-3-10-20(19)29-17/h2-3,6-10,13,17H,1,4-5,11-12,14-15H2/t17-/m0/s1. The normalized spacial score (nSPS) is 19.1. The van der Waals surface area contributed by atoms with E-state index >= 15 is 0 Å². The third kappa shape index (κ3) is 4.48. The highest BCUT2D eigenvalue weighted by atomic mass is 32.2. The molecule has 8 nitrogen and oxygen atoms in total. The number of hydrogen-bond donors (Lipinski definition) is 0. The lowest BCUT2D eigenvalue weighted by molar-refractivity contribution is 0.107. The van der Waals surface area contributed by atoms with Crippen LogP contribution in [0.25, 0.3) is 11.5 Å². The highest BCUT2D eigenvalue weighted by Gasteiger charge is 2.27. The van der Waals surface area contributed by atoms with Gasteiger partial charge in [-0.15, -0.1) is 10.2 Å². The van der Waals surface area contributed by atoms with Crippen LogP contribution in [0.4, 0.5) is 0 Å². The Kier molecular flexibility index (Phi) is 6.07. The van der Waals surface area contributed by atoms with Crippen molar-refractivity contribution in [2.24, 2.45) is 0 Å². The summed E-state index contributed by atoms with van der Waals surface area (Å²) in [4.78, 5) is 0.246. The van der Waals surface area contributed by atoms with E-state index in [0.717, 1.165) is 30.8 Å². The fourth-order valence-electron chi connectivity index (χ4n) is 3.74. The van der Waals surface area contributed by atoms with Gasteiger partial charge in [-0.1, -0.05) is 36.4 Å². The van der Waals surface area contributed by atoms with Crippen LogP contribution in [0.15, 0.2) is 63.1 Å². The molecule has 168 valence electrons. The van der Waals surface area contributed by atoms with Crippen molar-refractivity contribution in [1.82, 2.24) is 14.5 Å². The van der Waals surface area contributed by atoms with E-state index in [4.69, 9.17) is 13.9 Å². The Morgan fingerprint density at radius 1 is 1.00 bits per heavy atom. The Balaban J connectivity index is 1.25. The van der Waals surface area contributed by atoms with Gasteiger partial charge in [0, 0.05) is 24.4 Å². The molecule has 0 N–H and O–H groups in total. The van der Waals surface area contributed by atoms with Crippen molar-refractivity contribution in [3.8, 4) is 23.0 Å². The summed E-state index contributed by atoms with van der Waals surface area (Å²) >= 11 is 1.38. The van der Waals surface area contributed by atoms with Crippen LogP contribution in [0.3, 0.4) is 0 Å². The first-order chi connectivity index (χ1) is 15.6. The molecule has 2 aromatic carbocycles.